The topological polar surface area (TPSA) is 21.3 Å². The van der Waals surface area contributed by atoms with E-state index in [1.54, 1.807) is 7.11 Å². The predicted molar refractivity (Wildman–Crippen MR) is 80.6 cm³/mol. The molecule has 2 unspecified atom stereocenters. The first-order chi connectivity index (χ1) is 9.24. The van der Waals surface area contributed by atoms with Crippen molar-refractivity contribution in [3.05, 3.63) is 29.8 Å². The molecule has 1 N–H and O–H groups in total. The van der Waals surface area contributed by atoms with Gasteiger partial charge in [-0.3, -0.25) is 0 Å². The standard InChI is InChI=1S/C17H27NO/c1-4-14-8-5-6-11-17(14)18-13(2)15-9-7-10-16(12-15)19-3/h7,9-10,12-14,17-18H,4-6,8,11H2,1-3H3/t13-,14?,17?/m1/s1. The highest BCUT2D eigenvalue weighted by Crippen LogP contribution is 2.29. The molecule has 1 aromatic carbocycles. The minimum Gasteiger partial charge on any atom is -0.497 e. The highest BCUT2D eigenvalue weighted by Gasteiger charge is 2.24. The summed E-state index contributed by atoms with van der Waals surface area (Å²) in [5, 5.41) is 3.83. The Morgan fingerprint density at radius 2 is 2.11 bits per heavy atom. The van der Waals surface area contributed by atoms with Crippen LogP contribution in [0.2, 0.25) is 0 Å². The smallest absolute Gasteiger partial charge is 0.119 e. The number of hydrogen-bond acceptors (Lipinski definition) is 2. The van der Waals surface area contributed by atoms with Crippen LogP contribution in [0.15, 0.2) is 24.3 Å². The molecule has 2 nitrogen and oxygen atoms in total. The maximum Gasteiger partial charge on any atom is 0.119 e. The molecule has 1 aliphatic carbocycles. The SMILES string of the molecule is CCC1CCCCC1N[C@H](C)c1cccc(OC)c1. The van der Waals surface area contributed by atoms with Gasteiger partial charge in [-0.15, -0.1) is 0 Å². The molecule has 0 aromatic heterocycles. The zero-order valence-electron chi connectivity index (χ0n) is 12.5. The fraction of sp³-hybridized carbons (Fsp3) is 0.647. The van der Waals surface area contributed by atoms with Crippen molar-refractivity contribution in [1.82, 2.24) is 5.32 Å². The van der Waals surface area contributed by atoms with Crippen LogP contribution in [0.3, 0.4) is 0 Å². The summed E-state index contributed by atoms with van der Waals surface area (Å²) in [6.07, 6.45) is 6.79. The lowest BCUT2D eigenvalue weighted by molar-refractivity contribution is 0.240. The lowest BCUT2D eigenvalue weighted by Gasteiger charge is -2.34. The molecule has 2 heteroatoms. The minimum absolute atomic E-state index is 0.396. The van der Waals surface area contributed by atoms with Gasteiger partial charge in [0.25, 0.3) is 0 Å². The normalized spacial score (nSPS) is 25.0. The van der Waals surface area contributed by atoms with Gasteiger partial charge in [0.05, 0.1) is 7.11 Å². The zero-order valence-corrected chi connectivity index (χ0v) is 12.5. The molecule has 0 radical (unpaired) electrons. The van der Waals surface area contributed by atoms with Gasteiger partial charge in [0, 0.05) is 12.1 Å². The maximum atomic E-state index is 5.31. The van der Waals surface area contributed by atoms with Crippen LogP contribution in [0.5, 0.6) is 5.75 Å². The van der Waals surface area contributed by atoms with Crippen molar-refractivity contribution in [2.24, 2.45) is 5.92 Å². The average molecular weight is 261 g/mol. The summed E-state index contributed by atoms with van der Waals surface area (Å²) < 4.78 is 5.31. The van der Waals surface area contributed by atoms with E-state index in [4.69, 9.17) is 4.74 Å². The molecule has 0 heterocycles. The Labute approximate surface area is 117 Å². The molecule has 0 spiro atoms. The Bertz CT molecular complexity index is 391. The lowest BCUT2D eigenvalue weighted by atomic mass is 9.82. The first-order valence-electron chi connectivity index (χ1n) is 7.64. The van der Waals surface area contributed by atoms with Gasteiger partial charge in [-0.25, -0.2) is 0 Å². The van der Waals surface area contributed by atoms with Crippen LogP contribution >= 0.6 is 0 Å². The second-order valence-corrected chi connectivity index (χ2v) is 5.72. The molecular formula is C17H27NO. The number of benzene rings is 1. The summed E-state index contributed by atoms with van der Waals surface area (Å²) >= 11 is 0. The van der Waals surface area contributed by atoms with E-state index in [0.29, 0.717) is 12.1 Å². The van der Waals surface area contributed by atoms with Crippen molar-refractivity contribution < 1.29 is 4.74 Å². The molecule has 3 atom stereocenters. The number of rotatable bonds is 5. The first kappa shape index (κ1) is 14.4. The number of nitrogens with one attached hydrogen (secondary N) is 1. The lowest BCUT2D eigenvalue weighted by Crippen LogP contribution is -2.39. The van der Waals surface area contributed by atoms with Crippen molar-refractivity contribution in [2.75, 3.05) is 7.11 Å². The van der Waals surface area contributed by atoms with Crippen molar-refractivity contribution >= 4 is 0 Å². The third-order valence-electron chi connectivity index (χ3n) is 4.49. The van der Waals surface area contributed by atoms with E-state index in [0.717, 1.165) is 11.7 Å². The minimum atomic E-state index is 0.396. The molecule has 2 rings (SSSR count). The van der Waals surface area contributed by atoms with Crippen LogP contribution in [-0.4, -0.2) is 13.2 Å². The molecule has 1 aromatic rings. The van der Waals surface area contributed by atoms with E-state index < -0.39 is 0 Å². The van der Waals surface area contributed by atoms with Crippen LogP contribution in [0.25, 0.3) is 0 Å². The van der Waals surface area contributed by atoms with E-state index >= 15 is 0 Å². The largest absolute Gasteiger partial charge is 0.497 e. The van der Waals surface area contributed by atoms with Crippen LogP contribution in [0, 0.1) is 5.92 Å². The molecule has 0 saturated heterocycles. The van der Waals surface area contributed by atoms with Crippen LogP contribution in [0.1, 0.15) is 57.6 Å². The monoisotopic (exact) mass is 261 g/mol. The highest BCUT2D eigenvalue weighted by molar-refractivity contribution is 5.30. The molecule has 0 aliphatic heterocycles. The Morgan fingerprint density at radius 1 is 1.32 bits per heavy atom. The molecule has 1 fully saturated rings. The highest BCUT2D eigenvalue weighted by atomic mass is 16.5. The molecule has 0 bridgehead atoms. The molecule has 1 aliphatic rings. The van der Waals surface area contributed by atoms with Crippen LogP contribution in [-0.2, 0) is 0 Å². The summed E-state index contributed by atoms with van der Waals surface area (Å²) in [5.41, 5.74) is 1.32. The van der Waals surface area contributed by atoms with Crippen LogP contribution in [0.4, 0.5) is 0 Å². The van der Waals surface area contributed by atoms with Crippen molar-refractivity contribution in [3.63, 3.8) is 0 Å². The maximum absolute atomic E-state index is 5.31. The van der Waals surface area contributed by atoms with Crippen molar-refractivity contribution in [3.8, 4) is 5.75 Å². The van der Waals surface area contributed by atoms with Crippen molar-refractivity contribution in [2.45, 2.75) is 58.0 Å². The van der Waals surface area contributed by atoms with Gasteiger partial charge >= 0.3 is 0 Å². The Hall–Kier alpha value is -1.02. The summed E-state index contributed by atoms with van der Waals surface area (Å²) in [7, 11) is 1.73. The predicted octanol–water partition coefficient (Wildman–Crippen LogP) is 4.31. The van der Waals surface area contributed by atoms with Crippen molar-refractivity contribution in [1.29, 1.82) is 0 Å². The quantitative estimate of drug-likeness (QED) is 0.852. The van der Waals surface area contributed by atoms with Gasteiger partial charge < -0.3 is 10.1 Å². The molecule has 0 amide bonds. The third-order valence-corrected chi connectivity index (χ3v) is 4.49. The van der Waals surface area contributed by atoms with Gasteiger partial charge in [0.2, 0.25) is 0 Å². The summed E-state index contributed by atoms with van der Waals surface area (Å²) in [6, 6.07) is 9.48. The average Bonchev–Trinajstić information content (AvgIpc) is 2.47. The fourth-order valence-corrected chi connectivity index (χ4v) is 3.24. The molecule has 106 valence electrons. The summed E-state index contributed by atoms with van der Waals surface area (Å²) in [4.78, 5) is 0. The number of hydrogen-bond donors (Lipinski definition) is 1. The van der Waals surface area contributed by atoms with E-state index in [2.05, 4.69) is 37.4 Å². The molecular weight excluding hydrogens is 234 g/mol. The van der Waals surface area contributed by atoms with Gasteiger partial charge in [-0.2, -0.15) is 0 Å². The Morgan fingerprint density at radius 3 is 2.84 bits per heavy atom. The second kappa shape index (κ2) is 6.95. The van der Waals surface area contributed by atoms with Gasteiger partial charge in [-0.05, 0) is 43.4 Å². The number of ether oxygens (including phenoxy) is 1. The Kier molecular flexibility index (Phi) is 5.26. The van der Waals surface area contributed by atoms with Gasteiger partial charge in [0.1, 0.15) is 5.75 Å². The zero-order chi connectivity index (χ0) is 13.7. The number of methoxy groups -OCH3 is 1. The first-order valence-corrected chi connectivity index (χ1v) is 7.64. The van der Waals surface area contributed by atoms with E-state index in [9.17, 15) is 0 Å². The van der Waals surface area contributed by atoms with E-state index in [1.165, 1.54) is 37.7 Å². The van der Waals surface area contributed by atoms with Crippen LogP contribution < -0.4 is 10.1 Å². The second-order valence-electron chi connectivity index (χ2n) is 5.72. The van der Waals surface area contributed by atoms with E-state index in [-0.39, 0.29) is 0 Å². The molecule has 1 saturated carbocycles. The fourth-order valence-electron chi connectivity index (χ4n) is 3.24. The third kappa shape index (κ3) is 3.73. The van der Waals surface area contributed by atoms with E-state index in [1.807, 2.05) is 6.07 Å². The van der Waals surface area contributed by atoms with Gasteiger partial charge in [0.15, 0.2) is 0 Å². The Balaban J connectivity index is 2.00. The molecule has 19 heavy (non-hydrogen) atoms. The van der Waals surface area contributed by atoms with Gasteiger partial charge in [-0.1, -0.05) is 38.3 Å². The summed E-state index contributed by atoms with van der Waals surface area (Å²) in [5.74, 6) is 1.80. The summed E-state index contributed by atoms with van der Waals surface area (Å²) in [6.45, 7) is 4.58.